The maximum atomic E-state index is 12.3. The summed E-state index contributed by atoms with van der Waals surface area (Å²) < 4.78 is 0. The number of hydrogen-bond donors (Lipinski definition) is 2. The fraction of sp³-hybridized carbons (Fsp3) is 0.526. The van der Waals surface area contributed by atoms with E-state index in [1.54, 1.807) is 31.2 Å². The molecule has 0 saturated carbocycles. The minimum absolute atomic E-state index is 0.0594. The number of amides is 1. The van der Waals surface area contributed by atoms with E-state index in [1.165, 1.54) is 0 Å². The lowest BCUT2D eigenvalue weighted by Crippen LogP contribution is -2.42. The number of carbonyl (C=O) groups is 3. The Kier molecular flexibility index (Phi) is 7.62. The molecular weight excluding hydrogens is 306 g/mol. The summed E-state index contributed by atoms with van der Waals surface area (Å²) in [7, 11) is 0. The van der Waals surface area contributed by atoms with E-state index in [-0.39, 0.29) is 17.6 Å². The van der Waals surface area contributed by atoms with E-state index in [4.69, 9.17) is 0 Å². The second kappa shape index (κ2) is 9.21. The van der Waals surface area contributed by atoms with Crippen LogP contribution in [0.25, 0.3) is 0 Å². The number of nitrogens with one attached hydrogen (secondary N) is 1. The van der Waals surface area contributed by atoms with Gasteiger partial charge in [-0.05, 0) is 18.9 Å². The molecule has 2 N–H and O–H groups in total. The van der Waals surface area contributed by atoms with Crippen molar-refractivity contribution in [2.75, 3.05) is 0 Å². The van der Waals surface area contributed by atoms with Gasteiger partial charge in [0.1, 0.15) is 6.04 Å². The van der Waals surface area contributed by atoms with Crippen molar-refractivity contribution in [2.24, 2.45) is 5.92 Å². The predicted molar refractivity (Wildman–Crippen MR) is 93.1 cm³/mol. The summed E-state index contributed by atoms with van der Waals surface area (Å²) in [5.41, 5.74) is 1.38. The summed E-state index contributed by atoms with van der Waals surface area (Å²) in [6.07, 6.45) is 2.05. The summed E-state index contributed by atoms with van der Waals surface area (Å²) in [6.45, 7) is 7.39. The largest absolute Gasteiger partial charge is 0.480 e. The topological polar surface area (TPSA) is 83.5 Å². The van der Waals surface area contributed by atoms with E-state index in [0.29, 0.717) is 12.0 Å². The highest BCUT2D eigenvalue weighted by atomic mass is 16.4. The molecule has 0 aromatic heterocycles. The quantitative estimate of drug-likeness (QED) is 0.679. The number of ketones is 1. The van der Waals surface area contributed by atoms with E-state index in [2.05, 4.69) is 5.32 Å². The molecule has 2 atom stereocenters. The number of rotatable bonds is 9. The molecule has 1 amide bonds. The van der Waals surface area contributed by atoms with Gasteiger partial charge in [-0.2, -0.15) is 0 Å². The van der Waals surface area contributed by atoms with Crippen LogP contribution in [0.5, 0.6) is 0 Å². The first-order valence-electron chi connectivity index (χ1n) is 8.45. The lowest BCUT2D eigenvalue weighted by Gasteiger charge is -2.18. The molecule has 0 bridgehead atoms. The van der Waals surface area contributed by atoms with Crippen molar-refractivity contribution in [1.82, 2.24) is 5.32 Å². The van der Waals surface area contributed by atoms with E-state index < -0.39 is 17.9 Å². The van der Waals surface area contributed by atoms with Gasteiger partial charge in [-0.3, -0.25) is 9.59 Å². The van der Waals surface area contributed by atoms with E-state index in [9.17, 15) is 19.5 Å². The molecule has 132 valence electrons. The first-order chi connectivity index (χ1) is 11.3. The van der Waals surface area contributed by atoms with Gasteiger partial charge >= 0.3 is 5.97 Å². The van der Waals surface area contributed by atoms with E-state index in [1.807, 2.05) is 20.8 Å². The molecular formula is C19H27NO4. The van der Waals surface area contributed by atoms with Crippen LogP contribution in [0.1, 0.15) is 68.8 Å². The summed E-state index contributed by atoms with van der Waals surface area (Å²) in [5, 5.41) is 11.8. The molecule has 5 heteroatoms. The van der Waals surface area contributed by atoms with Crippen LogP contribution >= 0.6 is 0 Å². The molecule has 0 saturated heterocycles. The molecule has 1 rings (SSSR count). The molecule has 0 radical (unpaired) electrons. The SMILES string of the molecule is CCCC[C@H](NC(=O)C(C)c1ccc(C(=O)C(C)C)cc1)C(=O)O. The molecule has 0 aliphatic heterocycles. The minimum atomic E-state index is -1.01. The number of carboxylic acids is 1. The van der Waals surface area contributed by atoms with Gasteiger partial charge in [-0.15, -0.1) is 0 Å². The average Bonchev–Trinajstić information content (AvgIpc) is 2.56. The van der Waals surface area contributed by atoms with Crippen LogP contribution in [0.3, 0.4) is 0 Å². The Morgan fingerprint density at radius 1 is 1.08 bits per heavy atom. The predicted octanol–water partition coefficient (Wildman–Crippen LogP) is 3.39. The van der Waals surface area contributed by atoms with Crippen molar-refractivity contribution >= 4 is 17.7 Å². The zero-order valence-corrected chi connectivity index (χ0v) is 14.8. The number of carbonyl (C=O) groups excluding carboxylic acids is 2. The molecule has 1 aromatic carbocycles. The Hall–Kier alpha value is -2.17. The highest BCUT2D eigenvalue weighted by Gasteiger charge is 2.23. The third-order valence-corrected chi connectivity index (χ3v) is 4.07. The standard InChI is InChI=1S/C19H27NO4/c1-5-6-7-16(19(23)24)20-18(22)13(4)14-8-10-15(11-9-14)17(21)12(2)3/h8-13,16H,5-7H2,1-4H3,(H,20,22)(H,23,24)/t13?,16-/m0/s1. The number of hydrogen-bond acceptors (Lipinski definition) is 3. The summed E-state index contributed by atoms with van der Waals surface area (Å²) in [5.74, 6) is -1.82. The van der Waals surface area contributed by atoms with Gasteiger partial charge in [0.2, 0.25) is 5.91 Å². The van der Waals surface area contributed by atoms with Crippen LogP contribution in [0, 0.1) is 5.92 Å². The molecule has 24 heavy (non-hydrogen) atoms. The first kappa shape index (κ1) is 19.9. The van der Waals surface area contributed by atoms with Crippen molar-refractivity contribution in [2.45, 2.75) is 58.9 Å². The van der Waals surface area contributed by atoms with Crippen molar-refractivity contribution < 1.29 is 19.5 Å². The van der Waals surface area contributed by atoms with Gasteiger partial charge < -0.3 is 10.4 Å². The Morgan fingerprint density at radius 3 is 2.12 bits per heavy atom. The molecule has 0 fully saturated rings. The van der Waals surface area contributed by atoms with Crippen LogP contribution in [-0.2, 0) is 9.59 Å². The fourth-order valence-electron chi connectivity index (χ4n) is 2.38. The summed E-state index contributed by atoms with van der Waals surface area (Å²) >= 11 is 0. The smallest absolute Gasteiger partial charge is 0.326 e. The number of benzene rings is 1. The van der Waals surface area contributed by atoms with Crippen LogP contribution < -0.4 is 5.32 Å². The third kappa shape index (κ3) is 5.48. The van der Waals surface area contributed by atoms with Crippen LogP contribution in [0.2, 0.25) is 0 Å². The normalized spacial score (nSPS) is 13.4. The Morgan fingerprint density at radius 2 is 1.67 bits per heavy atom. The molecule has 5 nitrogen and oxygen atoms in total. The van der Waals surface area contributed by atoms with E-state index >= 15 is 0 Å². The third-order valence-electron chi connectivity index (χ3n) is 4.07. The van der Waals surface area contributed by atoms with Gasteiger partial charge in [0.25, 0.3) is 0 Å². The monoisotopic (exact) mass is 333 g/mol. The number of Topliss-reactive ketones (excluding diaryl/α,β-unsaturated/α-hetero) is 1. The minimum Gasteiger partial charge on any atom is -0.480 e. The van der Waals surface area contributed by atoms with Gasteiger partial charge in [-0.25, -0.2) is 4.79 Å². The summed E-state index contributed by atoms with van der Waals surface area (Å²) in [6, 6.07) is 6.07. The van der Waals surface area contributed by atoms with Crippen molar-refractivity contribution in [3.8, 4) is 0 Å². The molecule has 0 aliphatic carbocycles. The lowest BCUT2D eigenvalue weighted by atomic mass is 9.95. The zero-order chi connectivity index (χ0) is 18.3. The Balaban J connectivity index is 2.77. The molecule has 0 spiro atoms. The fourth-order valence-corrected chi connectivity index (χ4v) is 2.38. The maximum absolute atomic E-state index is 12.3. The highest BCUT2D eigenvalue weighted by Crippen LogP contribution is 2.18. The van der Waals surface area contributed by atoms with Gasteiger partial charge in [0, 0.05) is 11.5 Å². The number of aliphatic carboxylic acids is 1. The van der Waals surface area contributed by atoms with Crippen LogP contribution in [0.4, 0.5) is 0 Å². The van der Waals surface area contributed by atoms with Gasteiger partial charge in [0.15, 0.2) is 5.78 Å². The highest BCUT2D eigenvalue weighted by molar-refractivity contribution is 5.97. The van der Waals surface area contributed by atoms with Crippen molar-refractivity contribution in [3.63, 3.8) is 0 Å². The Bertz CT molecular complexity index is 578. The van der Waals surface area contributed by atoms with Crippen LogP contribution in [-0.4, -0.2) is 28.8 Å². The van der Waals surface area contributed by atoms with E-state index in [0.717, 1.165) is 18.4 Å². The number of carboxylic acid groups (broad SMARTS) is 1. The van der Waals surface area contributed by atoms with Crippen LogP contribution in [0.15, 0.2) is 24.3 Å². The lowest BCUT2D eigenvalue weighted by molar-refractivity contribution is -0.142. The first-order valence-corrected chi connectivity index (χ1v) is 8.45. The number of unbranched alkanes of at least 4 members (excludes halogenated alkanes) is 1. The second-order valence-corrected chi connectivity index (χ2v) is 6.40. The Labute approximate surface area is 143 Å². The summed E-state index contributed by atoms with van der Waals surface area (Å²) in [4.78, 5) is 35.5. The van der Waals surface area contributed by atoms with Gasteiger partial charge in [-0.1, -0.05) is 57.9 Å². The average molecular weight is 333 g/mol. The van der Waals surface area contributed by atoms with Gasteiger partial charge in [0.05, 0.1) is 5.92 Å². The van der Waals surface area contributed by atoms with Crippen molar-refractivity contribution in [1.29, 1.82) is 0 Å². The maximum Gasteiger partial charge on any atom is 0.326 e. The second-order valence-electron chi connectivity index (χ2n) is 6.40. The molecule has 1 aromatic rings. The molecule has 0 heterocycles. The zero-order valence-electron chi connectivity index (χ0n) is 14.8. The molecule has 1 unspecified atom stereocenters. The van der Waals surface area contributed by atoms with Crippen molar-refractivity contribution in [3.05, 3.63) is 35.4 Å². The molecule has 0 aliphatic rings.